The summed E-state index contributed by atoms with van der Waals surface area (Å²) in [7, 11) is 0. The molecule has 1 aromatic heterocycles. The number of benzene rings is 1. The number of fused-ring (bicyclic) bond motifs is 1. The van der Waals surface area contributed by atoms with Gasteiger partial charge in [-0.3, -0.25) is 9.78 Å². The number of carbonyl (C=O) groups is 1. The van der Waals surface area contributed by atoms with Crippen molar-refractivity contribution in [3.63, 3.8) is 0 Å². The van der Waals surface area contributed by atoms with E-state index >= 15 is 0 Å². The Morgan fingerprint density at radius 1 is 1.06 bits per heavy atom. The molecule has 0 atom stereocenters. The summed E-state index contributed by atoms with van der Waals surface area (Å²) >= 11 is 0. The highest BCUT2D eigenvalue weighted by Gasteiger charge is 2.31. The lowest BCUT2D eigenvalue weighted by Gasteiger charge is -2.37. The van der Waals surface area contributed by atoms with Gasteiger partial charge >= 0.3 is 0 Å². The minimum atomic E-state index is 0.231. The number of aryl methyl sites for hydroxylation is 1. The number of piperidine rings is 1. The van der Waals surface area contributed by atoms with Gasteiger partial charge in [-0.15, -0.1) is 0 Å². The molecule has 3 fully saturated rings. The van der Waals surface area contributed by atoms with Crippen molar-refractivity contribution in [1.29, 1.82) is 0 Å². The van der Waals surface area contributed by atoms with Gasteiger partial charge in [0.05, 0.1) is 13.2 Å². The Labute approximate surface area is 216 Å². The lowest BCUT2D eigenvalue weighted by molar-refractivity contribution is -0.141. The average molecular weight is 494 g/mol. The first-order valence-electron chi connectivity index (χ1n) is 14.3. The van der Waals surface area contributed by atoms with Crippen molar-refractivity contribution < 1.29 is 14.3 Å². The molecule has 2 saturated heterocycles. The number of nitrogens with zero attached hydrogens (tertiary/aromatic N) is 3. The molecule has 2 aliphatic heterocycles. The van der Waals surface area contributed by atoms with Crippen LogP contribution in [-0.2, 0) is 16.0 Å². The van der Waals surface area contributed by atoms with Gasteiger partial charge in [-0.2, -0.15) is 0 Å². The molecule has 6 heteroatoms. The highest BCUT2D eigenvalue weighted by Crippen LogP contribution is 2.33. The molecule has 1 amide bonds. The van der Waals surface area contributed by atoms with Gasteiger partial charge < -0.3 is 19.3 Å². The van der Waals surface area contributed by atoms with Crippen molar-refractivity contribution in [2.75, 3.05) is 45.9 Å². The predicted octanol–water partition coefficient (Wildman–Crippen LogP) is 5.09. The van der Waals surface area contributed by atoms with Crippen molar-refractivity contribution in [2.24, 2.45) is 11.8 Å². The third-order valence-corrected chi connectivity index (χ3v) is 8.41. The molecule has 0 N–H and O–H groups in total. The predicted molar refractivity (Wildman–Crippen MR) is 143 cm³/mol. The monoisotopic (exact) mass is 493 g/mol. The number of hydrogen-bond acceptors (Lipinski definition) is 5. The van der Waals surface area contributed by atoms with Crippen molar-refractivity contribution >= 4 is 16.8 Å². The molecule has 5 rings (SSSR count). The van der Waals surface area contributed by atoms with Gasteiger partial charge in [0, 0.05) is 50.2 Å². The Bertz CT molecular complexity index is 990. The quantitative estimate of drug-likeness (QED) is 0.513. The van der Waals surface area contributed by atoms with Crippen LogP contribution in [0.25, 0.3) is 10.9 Å². The van der Waals surface area contributed by atoms with Crippen LogP contribution in [-0.4, -0.2) is 72.7 Å². The van der Waals surface area contributed by atoms with Gasteiger partial charge in [0.2, 0.25) is 5.91 Å². The maximum absolute atomic E-state index is 12.8. The molecule has 1 saturated carbocycles. The lowest BCUT2D eigenvalue weighted by atomic mass is 9.81. The van der Waals surface area contributed by atoms with Crippen molar-refractivity contribution in [1.82, 2.24) is 14.8 Å². The molecule has 1 aromatic carbocycles. The summed E-state index contributed by atoms with van der Waals surface area (Å²) in [5.41, 5.74) is 2.34. The van der Waals surface area contributed by atoms with Gasteiger partial charge in [0.15, 0.2) is 0 Å². The van der Waals surface area contributed by atoms with E-state index in [1.807, 2.05) is 17.2 Å². The molecule has 2 aromatic rings. The largest absolute Gasteiger partial charge is 0.488 e. The molecule has 3 aliphatic rings. The SMILES string of the molecule is CCCCc1cc(OC2CCN(C[C@H]3CC[C@H](C(=O)N4CCOCC4)CC3)CC2)c2ncccc2c1. The first-order valence-corrected chi connectivity index (χ1v) is 14.3. The number of aromatic nitrogens is 1. The molecule has 0 unspecified atom stereocenters. The summed E-state index contributed by atoms with van der Waals surface area (Å²) < 4.78 is 12.0. The normalized spacial score (nSPS) is 24.2. The number of ether oxygens (including phenoxy) is 2. The summed E-state index contributed by atoms with van der Waals surface area (Å²) in [5, 5.41) is 1.18. The smallest absolute Gasteiger partial charge is 0.225 e. The van der Waals surface area contributed by atoms with E-state index in [4.69, 9.17) is 9.47 Å². The van der Waals surface area contributed by atoms with Crippen LogP contribution in [0.15, 0.2) is 30.5 Å². The van der Waals surface area contributed by atoms with Crippen LogP contribution in [0.4, 0.5) is 0 Å². The molecular weight excluding hydrogens is 450 g/mol. The highest BCUT2D eigenvalue weighted by molar-refractivity contribution is 5.85. The van der Waals surface area contributed by atoms with E-state index in [2.05, 4.69) is 35.0 Å². The summed E-state index contributed by atoms with van der Waals surface area (Å²) in [4.78, 5) is 22.1. The van der Waals surface area contributed by atoms with Gasteiger partial charge in [0.25, 0.3) is 0 Å². The fourth-order valence-corrected chi connectivity index (χ4v) is 6.22. The van der Waals surface area contributed by atoms with Crippen LogP contribution in [0.2, 0.25) is 0 Å². The lowest BCUT2D eigenvalue weighted by Crippen LogP contribution is -2.45. The van der Waals surface area contributed by atoms with Crippen LogP contribution >= 0.6 is 0 Å². The summed E-state index contributed by atoms with van der Waals surface area (Å²) in [6.07, 6.45) is 12.2. The van der Waals surface area contributed by atoms with Crippen LogP contribution in [0, 0.1) is 11.8 Å². The number of likely N-dealkylation sites (tertiary alicyclic amines) is 1. The van der Waals surface area contributed by atoms with Crippen molar-refractivity contribution in [2.45, 2.75) is 70.8 Å². The Kier molecular flexibility index (Phi) is 8.75. The van der Waals surface area contributed by atoms with Crippen LogP contribution in [0.3, 0.4) is 0 Å². The molecule has 0 radical (unpaired) electrons. The number of pyridine rings is 1. The number of amides is 1. The number of carbonyl (C=O) groups excluding carboxylic acids is 1. The molecule has 36 heavy (non-hydrogen) atoms. The number of morpholine rings is 1. The minimum Gasteiger partial charge on any atom is -0.488 e. The number of hydrogen-bond donors (Lipinski definition) is 0. The Morgan fingerprint density at radius 2 is 1.83 bits per heavy atom. The molecule has 3 heterocycles. The second-order valence-corrected chi connectivity index (χ2v) is 11.0. The van der Waals surface area contributed by atoms with E-state index in [-0.39, 0.29) is 12.0 Å². The first-order chi connectivity index (χ1) is 17.7. The van der Waals surface area contributed by atoms with Crippen LogP contribution in [0.5, 0.6) is 5.75 Å². The Balaban J connectivity index is 1.09. The molecule has 0 spiro atoms. The zero-order valence-electron chi connectivity index (χ0n) is 22.0. The third-order valence-electron chi connectivity index (χ3n) is 8.41. The van der Waals surface area contributed by atoms with Crippen molar-refractivity contribution in [3.05, 3.63) is 36.0 Å². The standard InChI is InChI=1S/C30H43N3O3/c1-2-3-5-24-20-26-6-4-13-31-29(26)28(21-24)36-27-11-14-32(15-12-27)22-23-7-9-25(10-8-23)30(34)33-16-18-35-19-17-33/h4,6,13,20-21,23,25,27H,2-3,5,7-12,14-19,22H2,1H3/t23-,25-. The van der Waals surface area contributed by atoms with Gasteiger partial charge in [-0.05, 0) is 81.0 Å². The molecular formula is C30H43N3O3. The molecule has 1 aliphatic carbocycles. The van der Waals surface area contributed by atoms with E-state index in [1.165, 1.54) is 43.2 Å². The molecule has 196 valence electrons. The van der Waals surface area contributed by atoms with Gasteiger partial charge in [-0.25, -0.2) is 0 Å². The Hall–Kier alpha value is -2.18. The summed E-state index contributed by atoms with van der Waals surface area (Å²) in [6, 6.07) is 8.67. The van der Waals surface area contributed by atoms with Crippen molar-refractivity contribution in [3.8, 4) is 5.75 Å². The van der Waals surface area contributed by atoms with Gasteiger partial charge in [0.1, 0.15) is 17.4 Å². The molecule has 0 bridgehead atoms. The maximum atomic E-state index is 12.8. The maximum Gasteiger partial charge on any atom is 0.225 e. The number of unbranched alkanes of at least 4 members (excludes halogenated alkanes) is 1. The average Bonchev–Trinajstić information content (AvgIpc) is 2.93. The fourth-order valence-electron chi connectivity index (χ4n) is 6.22. The number of rotatable bonds is 8. The van der Waals surface area contributed by atoms with Gasteiger partial charge in [-0.1, -0.05) is 19.4 Å². The van der Waals surface area contributed by atoms with E-state index in [0.717, 1.165) is 75.5 Å². The first kappa shape index (κ1) is 25.5. The molecule has 6 nitrogen and oxygen atoms in total. The van der Waals surface area contributed by atoms with E-state index in [0.29, 0.717) is 19.1 Å². The topological polar surface area (TPSA) is 54.9 Å². The highest BCUT2D eigenvalue weighted by atomic mass is 16.5. The van der Waals surface area contributed by atoms with E-state index in [9.17, 15) is 4.79 Å². The zero-order valence-corrected chi connectivity index (χ0v) is 22.0. The Morgan fingerprint density at radius 3 is 2.58 bits per heavy atom. The zero-order chi connectivity index (χ0) is 24.7. The summed E-state index contributed by atoms with van der Waals surface area (Å²) in [6.45, 7) is 8.52. The van der Waals surface area contributed by atoms with E-state index in [1.54, 1.807) is 0 Å². The summed E-state index contributed by atoms with van der Waals surface area (Å²) in [5.74, 6) is 2.28. The second-order valence-electron chi connectivity index (χ2n) is 11.0. The second kappa shape index (κ2) is 12.4. The minimum absolute atomic E-state index is 0.231. The third kappa shape index (κ3) is 6.38. The van der Waals surface area contributed by atoms with Crippen LogP contribution < -0.4 is 4.74 Å². The fraction of sp³-hybridized carbons (Fsp3) is 0.667. The van der Waals surface area contributed by atoms with Crippen LogP contribution in [0.1, 0.15) is 63.9 Å². The van der Waals surface area contributed by atoms with E-state index < -0.39 is 0 Å².